The standard InChI is InChI=1S/C27H46O2/c1-18(5-4-12-27(29)15-16-27)23-8-9-24-22-7-6-19-17-25(2,28)13-10-20(19)21(22)11-14-26(23,24)3/h18-24,28-29H,4-17H2,1-3H3/t18-,19+,20+,21-,22-,23-,24+,25+,26-/m1/s1. The lowest BCUT2D eigenvalue weighted by molar-refractivity contribution is -0.103. The fraction of sp³-hybridized carbons (Fsp3) is 1.00. The average molecular weight is 403 g/mol. The molecule has 166 valence electrons. The summed E-state index contributed by atoms with van der Waals surface area (Å²) in [4.78, 5) is 0. The third-order valence-electron chi connectivity index (χ3n) is 11.1. The summed E-state index contributed by atoms with van der Waals surface area (Å²) in [6.07, 6.45) is 17.7. The van der Waals surface area contributed by atoms with Crippen LogP contribution in [0.4, 0.5) is 0 Å². The number of rotatable bonds is 5. The zero-order valence-electron chi connectivity index (χ0n) is 19.3. The van der Waals surface area contributed by atoms with Crippen molar-refractivity contribution in [1.82, 2.24) is 0 Å². The van der Waals surface area contributed by atoms with Crippen LogP contribution in [-0.4, -0.2) is 21.4 Å². The van der Waals surface area contributed by atoms with Crippen LogP contribution in [0.2, 0.25) is 0 Å². The number of aliphatic hydroxyl groups is 2. The van der Waals surface area contributed by atoms with Crippen molar-refractivity contribution in [3.8, 4) is 0 Å². The van der Waals surface area contributed by atoms with E-state index in [1.165, 1.54) is 57.8 Å². The molecule has 0 bridgehead atoms. The highest BCUT2D eigenvalue weighted by molar-refractivity contribution is 5.07. The molecule has 0 radical (unpaired) electrons. The Kier molecular flexibility index (Phi) is 5.18. The van der Waals surface area contributed by atoms with Crippen molar-refractivity contribution in [2.45, 2.75) is 122 Å². The van der Waals surface area contributed by atoms with E-state index in [1.54, 1.807) is 0 Å². The molecule has 9 atom stereocenters. The van der Waals surface area contributed by atoms with Crippen molar-refractivity contribution >= 4 is 0 Å². The molecule has 5 aliphatic carbocycles. The summed E-state index contributed by atoms with van der Waals surface area (Å²) >= 11 is 0. The Bertz CT molecular complexity index is 608. The number of hydrogen-bond donors (Lipinski definition) is 2. The van der Waals surface area contributed by atoms with Crippen LogP contribution in [0.15, 0.2) is 0 Å². The summed E-state index contributed by atoms with van der Waals surface area (Å²) in [5, 5.41) is 20.8. The number of hydrogen-bond acceptors (Lipinski definition) is 2. The maximum atomic E-state index is 10.6. The molecule has 0 aromatic rings. The first-order chi connectivity index (χ1) is 13.7. The highest BCUT2D eigenvalue weighted by atomic mass is 16.3. The van der Waals surface area contributed by atoms with Gasteiger partial charge in [0, 0.05) is 0 Å². The van der Waals surface area contributed by atoms with Crippen molar-refractivity contribution in [1.29, 1.82) is 0 Å². The summed E-state index contributed by atoms with van der Waals surface area (Å²) in [6.45, 7) is 7.29. The van der Waals surface area contributed by atoms with Crippen LogP contribution in [0, 0.1) is 46.8 Å². The van der Waals surface area contributed by atoms with Gasteiger partial charge < -0.3 is 10.2 Å². The molecule has 5 rings (SSSR count). The Morgan fingerprint density at radius 1 is 0.828 bits per heavy atom. The van der Waals surface area contributed by atoms with E-state index in [0.717, 1.165) is 73.5 Å². The first kappa shape index (κ1) is 20.8. The highest BCUT2D eigenvalue weighted by Gasteiger charge is 2.58. The van der Waals surface area contributed by atoms with Crippen LogP contribution < -0.4 is 0 Å². The molecule has 5 saturated carbocycles. The minimum atomic E-state index is -0.390. The van der Waals surface area contributed by atoms with E-state index in [2.05, 4.69) is 20.8 Å². The fourth-order valence-corrected chi connectivity index (χ4v) is 9.41. The summed E-state index contributed by atoms with van der Waals surface area (Å²) in [6, 6.07) is 0. The van der Waals surface area contributed by atoms with E-state index in [9.17, 15) is 10.2 Å². The third kappa shape index (κ3) is 3.73. The predicted octanol–water partition coefficient (Wildman–Crippen LogP) is 6.34. The molecule has 5 fully saturated rings. The van der Waals surface area contributed by atoms with Gasteiger partial charge in [0.1, 0.15) is 0 Å². The topological polar surface area (TPSA) is 40.5 Å². The van der Waals surface area contributed by atoms with Crippen LogP contribution in [0.1, 0.15) is 111 Å². The quantitative estimate of drug-likeness (QED) is 0.563. The van der Waals surface area contributed by atoms with Gasteiger partial charge in [-0.2, -0.15) is 0 Å². The lowest BCUT2D eigenvalue weighted by Gasteiger charge is -2.57. The van der Waals surface area contributed by atoms with Crippen molar-refractivity contribution in [2.75, 3.05) is 0 Å². The van der Waals surface area contributed by atoms with Gasteiger partial charge in [0.05, 0.1) is 11.2 Å². The van der Waals surface area contributed by atoms with Crippen LogP contribution in [0.3, 0.4) is 0 Å². The molecule has 0 spiro atoms. The van der Waals surface area contributed by atoms with Gasteiger partial charge in [0.25, 0.3) is 0 Å². The molecule has 0 unspecified atom stereocenters. The second-order valence-corrected chi connectivity index (χ2v) is 13.0. The van der Waals surface area contributed by atoms with E-state index < -0.39 is 5.60 Å². The Morgan fingerprint density at radius 2 is 1.59 bits per heavy atom. The van der Waals surface area contributed by atoms with E-state index in [0.29, 0.717) is 5.41 Å². The van der Waals surface area contributed by atoms with Gasteiger partial charge in [-0.1, -0.05) is 26.7 Å². The molecule has 0 heterocycles. The van der Waals surface area contributed by atoms with Gasteiger partial charge in [-0.05, 0) is 131 Å². The largest absolute Gasteiger partial charge is 0.390 e. The predicted molar refractivity (Wildman–Crippen MR) is 118 cm³/mol. The molecule has 0 aliphatic heterocycles. The van der Waals surface area contributed by atoms with Crippen LogP contribution in [-0.2, 0) is 0 Å². The van der Waals surface area contributed by atoms with Gasteiger partial charge in [0.15, 0.2) is 0 Å². The van der Waals surface area contributed by atoms with E-state index in [4.69, 9.17) is 0 Å². The monoisotopic (exact) mass is 402 g/mol. The normalized spacial score (nSPS) is 51.6. The Balaban J connectivity index is 1.23. The fourth-order valence-electron chi connectivity index (χ4n) is 9.41. The molecule has 2 nitrogen and oxygen atoms in total. The minimum absolute atomic E-state index is 0.261. The molecular formula is C27H46O2. The second-order valence-electron chi connectivity index (χ2n) is 13.0. The van der Waals surface area contributed by atoms with Gasteiger partial charge in [-0.25, -0.2) is 0 Å². The highest BCUT2D eigenvalue weighted by Crippen LogP contribution is 2.66. The molecule has 2 N–H and O–H groups in total. The van der Waals surface area contributed by atoms with Crippen molar-refractivity contribution in [2.24, 2.45) is 46.8 Å². The molecule has 0 aromatic heterocycles. The molecule has 0 saturated heterocycles. The summed E-state index contributed by atoms with van der Waals surface area (Å²) in [7, 11) is 0. The Labute approximate surface area is 179 Å². The molecular weight excluding hydrogens is 356 g/mol. The van der Waals surface area contributed by atoms with Crippen molar-refractivity contribution < 1.29 is 10.2 Å². The van der Waals surface area contributed by atoms with E-state index in [1.807, 2.05) is 0 Å². The molecule has 0 amide bonds. The maximum Gasteiger partial charge on any atom is 0.0650 e. The molecule has 0 aromatic carbocycles. The smallest absolute Gasteiger partial charge is 0.0650 e. The second kappa shape index (κ2) is 7.22. The first-order valence-electron chi connectivity index (χ1n) is 13.2. The van der Waals surface area contributed by atoms with Crippen LogP contribution in [0.5, 0.6) is 0 Å². The van der Waals surface area contributed by atoms with Crippen LogP contribution >= 0.6 is 0 Å². The Hall–Kier alpha value is -0.0800. The van der Waals surface area contributed by atoms with E-state index in [-0.39, 0.29) is 5.60 Å². The summed E-state index contributed by atoms with van der Waals surface area (Å²) < 4.78 is 0. The minimum Gasteiger partial charge on any atom is -0.390 e. The van der Waals surface area contributed by atoms with Gasteiger partial charge in [-0.3, -0.25) is 0 Å². The Morgan fingerprint density at radius 3 is 2.34 bits per heavy atom. The summed E-state index contributed by atoms with van der Waals surface area (Å²) in [5.74, 6) is 6.34. The zero-order chi connectivity index (χ0) is 20.4. The van der Waals surface area contributed by atoms with Gasteiger partial charge in [-0.15, -0.1) is 0 Å². The first-order valence-corrected chi connectivity index (χ1v) is 13.2. The molecule has 29 heavy (non-hydrogen) atoms. The van der Waals surface area contributed by atoms with Gasteiger partial charge in [0.2, 0.25) is 0 Å². The maximum absolute atomic E-state index is 10.6. The molecule has 5 aliphatic rings. The third-order valence-corrected chi connectivity index (χ3v) is 11.1. The SMILES string of the molecule is C[C@H](CCCC1(O)CC1)[C@H]1CC[C@H]2[C@@H]3CC[C@H]4C[C@@](C)(O)CC[C@@H]4[C@H]3CC[C@]12C. The average Bonchev–Trinajstić information content (AvgIpc) is 3.28. The van der Waals surface area contributed by atoms with Crippen molar-refractivity contribution in [3.05, 3.63) is 0 Å². The van der Waals surface area contributed by atoms with E-state index >= 15 is 0 Å². The lowest BCUT2D eigenvalue weighted by atomic mass is 9.48. The zero-order valence-corrected chi connectivity index (χ0v) is 19.3. The van der Waals surface area contributed by atoms with Crippen molar-refractivity contribution in [3.63, 3.8) is 0 Å². The van der Waals surface area contributed by atoms with Gasteiger partial charge >= 0.3 is 0 Å². The molecule has 2 heteroatoms. The van der Waals surface area contributed by atoms with Crippen LogP contribution in [0.25, 0.3) is 0 Å². The lowest BCUT2D eigenvalue weighted by Crippen LogP contribution is -2.50. The summed E-state index contributed by atoms with van der Waals surface area (Å²) in [5.41, 5.74) is -0.0775. The number of fused-ring (bicyclic) bond motifs is 5.